The first-order chi connectivity index (χ1) is 11.3. The molecule has 5 nitrogen and oxygen atoms in total. The molecule has 2 aromatic rings. The number of hydrogen-bond acceptors (Lipinski definition) is 5. The third-order valence-electron chi connectivity index (χ3n) is 3.48. The maximum Gasteiger partial charge on any atom is 0.358 e. The number of nitrogens with zero attached hydrogens (tertiary/aromatic N) is 1. The molecule has 7 heteroatoms. The number of aromatic nitrogens is 1. The van der Waals surface area contributed by atoms with Gasteiger partial charge in [-0.3, -0.25) is 4.79 Å². The van der Waals surface area contributed by atoms with E-state index in [4.69, 9.17) is 16.3 Å². The van der Waals surface area contributed by atoms with E-state index in [9.17, 15) is 9.59 Å². The van der Waals surface area contributed by atoms with Crippen molar-refractivity contribution in [1.82, 2.24) is 10.3 Å². The molecule has 0 bridgehead atoms. The van der Waals surface area contributed by atoms with Crippen LogP contribution in [0.4, 0.5) is 0 Å². The minimum atomic E-state index is -0.621. The van der Waals surface area contributed by atoms with Crippen molar-refractivity contribution in [3.8, 4) is 10.6 Å². The van der Waals surface area contributed by atoms with E-state index in [1.54, 1.807) is 17.5 Å². The van der Waals surface area contributed by atoms with Crippen LogP contribution in [-0.4, -0.2) is 29.0 Å². The van der Waals surface area contributed by atoms with Crippen LogP contribution in [0.2, 0.25) is 5.02 Å². The van der Waals surface area contributed by atoms with Crippen LogP contribution in [0.15, 0.2) is 29.6 Å². The van der Waals surface area contributed by atoms with E-state index >= 15 is 0 Å². The van der Waals surface area contributed by atoms with Crippen molar-refractivity contribution in [2.75, 3.05) is 6.61 Å². The molecule has 1 amide bonds. The lowest BCUT2D eigenvalue weighted by Crippen LogP contribution is -2.44. The molecule has 1 N–H and O–H groups in total. The van der Waals surface area contributed by atoms with Crippen molar-refractivity contribution in [2.24, 2.45) is 0 Å². The Hall–Kier alpha value is -1.92. The van der Waals surface area contributed by atoms with Gasteiger partial charge >= 0.3 is 5.97 Å². The largest absolute Gasteiger partial charge is 0.451 e. The van der Waals surface area contributed by atoms with Gasteiger partial charge in [0.05, 0.1) is 0 Å². The van der Waals surface area contributed by atoms with Gasteiger partial charge < -0.3 is 10.1 Å². The molecule has 0 spiro atoms. The van der Waals surface area contributed by atoms with Crippen LogP contribution in [0.5, 0.6) is 0 Å². The summed E-state index contributed by atoms with van der Waals surface area (Å²) < 4.78 is 5.02. The third kappa shape index (κ3) is 5.04. The molecule has 0 unspecified atom stereocenters. The first-order valence-corrected chi connectivity index (χ1v) is 8.76. The number of ether oxygens (including phenoxy) is 1. The number of carbonyl (C=O) groups excluding carboxylic acids is 2. The second-order valence-electron chi connectivity index (χ2n) is 5.91. The van der Waals surface area contributed by atoms with Crippen LogP contribution >= 0.6 is 22.9 Å². The van der Waals surface area contributed by atoms with Gasteiger partial charge in [-0.2, -0.15) is 0 Å². The molecule has 2 rings (SSSR count). The van der Waals surface area contributed by atoms with Crippen LogP contribution in [0.25, 0.3) is 10.6 Å². The molecule has 0 aliphatic heterocycles. The zero-order valence-electron chi connectivity index (χ0n) is 13.8. The highest BCUT2D eigenvalue weighted by Gasteiger charge is 2.20. The maximum absolute atomic E-state index is 12.0. The van der Waals surface area contributed by atoms with Gasteiger partial charge in [-0.15, -0.1) is 11.3 Å². The van der Waals surface area contributed by atoms with Gasteiger partial charge in [-0.05, 0) is 32.4 Å². The molecule has 0 aliphatic carbocycles. The van der Waals surface area contributed by atoms with Gasteiger partial charge in [0.1, 0.15) is 5.01 Å². The van der Waals surface area contributed by atoms with Crippen LogP contribution < -0.4 is 5.32 Å². The molecule has 0 fully saturated rings. The van der Waals surface area contributed by atoms with Crippen molar-refractivity contribution in [3.63, 3.8) is 0 Å². The molecule has 0 radical (unpaired) electrons. The van der Waals surface area contributed by atoms with Crippen molar-refractivity contribution in [3.05, 3.63) is 40.4 Å². The minimum Gasteiger partial charge on any atom is -0.451 e. The summed E-state index contributed by atoms with van der Waals surface area (Å²) in [5, 5.41) is 5.67. The van der Waals surface area contributed by atoms with Gasteiger partial charge in [0.2, 0.25) is 0 Å². The molecular formula is C17H19ClN2O3S. The predicted molar refractivity (Wildman–Crippen MR) is 95.4 cm³/mol. The third-order valence-corrected chi connectivity index (χ3v) is 4.61. The Morgan fingerprint density at radius 2 is 2.12 bits per heavy atom. The minimum absolute atomic E-state index is 0.178. The number of halogens is 1. The Kier molecular flexibility index (Phi) is 5.96. The van der Waals surface area contributed by atoms with Crippen LogP contribution in [0, 0.1) is 0 Å². The smallest absolute Gasteiger partial charge is 0.358 e. The highest BCUT2D eigenvalue weighted by atomic mass is 35.5. The monoisotopic (exact) mass is 366 g/mol. The van der Waals surface area contributed by atoms with Gasteiger partial charge in [0, 0.05) is 21.5 Å². The van der Waals surface area contributed by atoms with Crippen molar-refractivity contribution < 1.29 is 14.3 Å². The Balaban J connectivity index is 1.95. The van der Waals surface area contributed by atoms with Gasteiger partial charge in [-0.25, -0.2) is 9.78 Å². The second kappa shape index (κ2) is 7.77. The number of rotatable bonds is 6. The fourth-order valence-corrected chi connectivity index (χ4v) is 2.81. The number of carbonyl (C=O) groups is 2. The van der Waals surface area contributed by atoms with Gasteiger partial charge in [0.15, 0.2) is 12.3 Å². The normalized spacial score (nSPS) is 11.2. The zero-order valence-corrected chi connectivity index (χ0v) is 15.3. The number of thiazole rings is 1. The molecule has 0 saturated heterocycles. The van der Waals surface area contributed by atoms with Crippen molar-refractivity contribution >= 4 is 34.8 Å². The second-order valence-corrected chi connectivity index (χ2v) is 7.20. The van der Waals surface area contributed by atoms with E-state index in [0.717, 1.165) is 12.0 Å². The number of nitrogens with one attached hydrogen (secondary N) is 1. The van der Waals surface area contributed by atoms with Crippen LogP contribution in [0.1, 0.15) is 37.7 Å². The summed E-state index contributed by atoms with van der Waals surface area (Å²) in [5.41, 5.74) is 0.677. The molecule has 1 heterocycles. The Morgan fingerprint density at radius 3 is 2.79 bits per heavy atom. The average Bonchev–Trinajstić information content (AvgIpc) is 3.02. The quantitative estimate of drug-likeness (QED) is 0.786. The van der Waals surface area contributed by atoms with Gasteiger partial charge in [0.25, 0.3) is 5.91 Å². The number of esters is 1. The fourth-order valence-electron chi connectivity index (χ4n) is 1.83. The molecule has 128 valence electrons. The van der Waals surface area contributed by atoms with Crippen LogP contribution in [0.3, 0.4) is 0 Å². The predicted octanol–water partition coefficient (Wildman–Crippen LogP) is 3.93. The highest BCUT2D eigenvalue weighted by molar-refractivity contribution is 7.13. The lowest BCUT2D eigenvalue weighted by atomic mass is 10.0. The Bertz CT molecular complexity index is 743. The summed E-state index contributed by atoms with van der Waals surface area (Å²) in [6.45, 7) is 5.46. The average molecular weight is 367 g/mol. The lowest BCUT2D eigenvalue weighted by Gasteiger charge is -2.24. The van der Waals surface area contributed by atoms with E-state index in [2.05, 4.69) is 10.3 Å². The molecule has 1 aromatic carbocycles. The first-order valence-electron chi connectivity index (χ1n) is 7.50. The highest BCUT2D eigenvalue weighted by Crippen LogP contribution is 2.26. The first kappa shape index (κ1) is 18.4. The van der Waals surface area contributed by atoms with E-state index < -0.39 is 5.97 Å². The van der Waals surface area contributed by atoms with E-state index in [0.29, 0.717) is 10.0 Å². The summed E-state index contributed by atoms with van der Waals surface area (Å²) >= 11 is 7.27. The summed E-state index contributed by atoms with van der Waals surface area (Å²) in [4.78, 5) is 28.1. The molecule has 0 atom stereocenters. The van der Waals surface area contributed by atoms with Crippen molar-refractivity contribution in [1.29, 1.82) is 0 Å². The number of hydrogen-bond donors (Lipinski definition) is 1. The molecule has 24 heavy (non-hydrogen) atoms. The van der Waals surface area contributed by atoms with Crippen molar-refractivity contribution in [2.45, 2.75) is 32.7 Å². The summed E-state index contributed by atoms with van der Waals surface area (Å²) in [6, 6.07) is 7.22. The summed E-state index contributed by atoms with van der Waals surface area (Å²) in [6.07, 6.45) is 0.780. The summed E-state index contributed by atoms with van der Waals surface area (Å²) in [5.74, 6) is -0.954. The van der Waals surface area contributed by atoms with Gasteiger partial charge in [-0.1, -0.05) is 30.7 Å². The zero-order chi connectivity index (χ0) is 17.7. The molecular weight excluding hydrogens is 348 g/mol. The van der Waals surface area contributed by atoms with E-state index in [-0.39, 0.29) is 23.7 Å². The molecule has 0 aliphatic rings. The SMILES string of the molecule is CCC(C)(C)NC(=O)COC(=O)c1csc(-c2cccc(Cl)c2)n1. The maximum atomic E-state index is 12.0. The lowest BCUT2D eigenvalue weighted by molar-refractivity contribution is -0.125. The Labute approximate surface area is 150 Å². The Morgan fingerprint density at radius 1 is 1.38 bits per heavy atom. The van der Waals surface area contributed by atoms with E-state index in [1.807, 2.05) is 32.9 Å². The molecule has 0 saturated carbocycles. The fraction of sp³-hybridized carbons (Fsp3) is 0.353. The van der Waals surface area contributed by atoms with E-state index in [1.165, 1.54) is 11.3 Å². The number of amides is 1. The standard InChI is InChI=1S/C17H19ClN2O3S/c1-4-17(2,3)20-14(21)9-23-16(22)13-10-24-15(19-13)11-6-5-7-12(18)8-11/h5-8,10H,4,9H2,1-3H3,(H,20,21). The molecule has 1 aromatic heterocycles. The summed E-state index contributed by atoms with van der Waals surface area (Å²) in [7, 11) is 0. The topological polar surface area (TPSA) is 68.3 Å². The number of benzene rings is 1. The van der Waals surface area contributed by atoms with Crippen LogP contribution in [-0.2, 0) is 9.53 Å².